The number of benzene rings is 1. The van der Waals surface area contributed by atoms with Crippen LogP contribution in [0.4, 0.5) is 11.4 Å². The van der Waals surface area contributed by atoms with Crippen LogP contribution in [-0.2, 0) is 4.79 Å². The van der Waals surface area contributed by atoms with Gasteiger partial charge in [0.05, 0.1) is 16.7 Å². The minimum absolute atomic E-state index is 0.0453. The highest BCUT2D eigenvalue weighted by molar-refractivity contribution is 9.10. The molecule has 0 aromatic heterocycles. The minimum Gasteiger partial charge on any atom is -0.324 e. The number of rotatable bonds is 5. The van der Waals surface area contributed by atoms with Crippen molar-refractivity contribution in [2.75, 3.05) is 5.32 Å². The van der Waals surface area contributed by atoms with Crippen LogP contribution in [0.1, 0.15) is 20.3 Å². The third-order valence-electron chi connectivity index (χ3n) is 2.98. The Bertz CT molecular complexity index is 493. The number of hydrogen-bond donors (Lipinski definition) is 2. The molecule has 104 valence electrons. The Kier molecular flexibility index (Phi) is 5.44. The summed E-state index contributed by atoms with van der Waals surface area (Å²) in [5, 5.41) is 13.3. The number of hydrogen-bond acceptors (Lipinski definition) is 4. The molecule has 6 nitrogen and oxygen atoms in total. The predicted molar refractivity (Wildman–Crippen MR) is 76.9 cm³/mol. The summed E-state index contributed by atoms with van der Waals surface area (Å²) in [5.41, 5.74) is 6.23. The zero-order chi connectivity index (χ0) is 14.6. The molecule has 0 radical (unpaired) electrons. The second-order valence-corrected chi connectivity index (χ2v) is 5.18. The van der Waals surface area contributed by atoms with Gasteiger partial charge in [-0.25, -0.2) is 0 Å². The van der Waals surface area contributed by atoms with Gasteiger partial charge in [0.1, 0.15) is 0 Å². The lowest BCUT2D eigenvalue weighted by atomic mass is 9.99. The van der Waals surface area contributed by atoms with Gasteiger partial charge < -0.3 is 11.1 Å². The van der Waals surface area contributed by atoms with Crippen LogP contribution < -0.4 is 11.1 Å². The largest absolute Gasteiger partial charge is 0.324 e. The summed E-state index contributed by atoms with van der Waals surface area (Å²) in [4.78, 5) is 22.0. The highest BCUT2D eigenvalue weighted by Gasteiger charge is 2.20. The molecular formula is C12H16BrN3O3. The Hall–Kier alpha value is -1.47. The molecule has 0 unspecified atom stereocenters. The summed E-state index contributed by atoms with van der Waals surface area (Å²) in [6.45, 7) is 3.86. The maximum absolute atomic E-state index is 11.9. The van der Waals surface area contributed by atoms with Crippen molar-refractivity contribution in [3.8, 4) is 0 Å². The average Bonchev–Trinajstić information content (AvgIpc) is 2.38. The van der Waals surface area contributed by atoms with Crippen LogP contribution >= 0.6 is 15.9 Å². The average molecular weight is 330 g/mol. The minimum atomic E-state index is -0.605. The van der Waals surface area contributed by atoms with Crippen molar-refractivity contribution in [2.24, 2.45) is 11.7 Å². The number of nitrogens with two attached hydrogens (primary N) is 1. The van der Waals surface area contributed by atoms with Gasteiger partial charge in [0.15, 0.2) is 0 Å². The van der Waals surface area contributed by atoms with Crippen LogP contribution in [0, 0.1) is 16.0 Å². The van der Waals surface area contributed by atoms with Crippen molar-refractivity contribution in [1.82, 2.24) is 0 Å². The van der Waals surface area contributed by atoms with Crippen molar-refractivity contribution < 1.29 is 9.72 Å². The topological polar surface area (TPSA) is 98.3 Å². The zero-order valence-corrected chi connectivity index (χ0v) is 12.3. The van der Waals surface area contributed by atoms with Crippen molar-refractivity contribution in [3.05, 3.63) is 32.8 Å². The molecule has 0 aliphatic rings. The Morgan fingerprint density at radius 1 is 1.58 bits per heavy atom. The number of anilines is 1. The van der Waals surface area contributed by atoms with E-state index in [2.05, 4.69) is 21.2 Å². The third kappa shape index (κ3) is 4.00. The van der Waals surface area contributed by atoms with Crippen molar-refractivity contribution in [2.45, 2.75) is 26.3 Å². The fourth-order valence-corrected chi connectivity index (χ4v) is 1.91. The van der Waals surface area contributed by atoms with Gasteiger partial charge in [0.25, 0.3) is 5.69 Å². The number of non-ortho nitro benzene ring substituents is 1. The van der Waals surface area contributed by atoms with E-state index in [1.54, 1.807) is 0 Å². The van der Waals surface area contributed by atoms with Crippen LogP contribution in [-0.4, -0.2) is 16.9 Å². The molecule has 19 heavy (non-hydrogen) atoms. The van der Waals surface area contributed by atoms with Crippen LogP contribution in [0.3, 0.4) is 0 Å². The van der Waals surface area contributed by atoms with Crippen LogP contribution in [0.2, 0.25) is 0 Å². The van der Waals surface area contributed by atoms with E-state index < -0.39 is 11.0 Å². The molecule has 0 saturated carbocycles. The monoisotopic (exact) mass is 329 g/mol. The fraction of sp³-hybridized carbons (Fsp3) is 0.417. The van der Waals surface area contributed by atoms with E-state index in [1.165, 1.54) is 18.2 Å². The number of carbonyl (C=O) groups excluding carboxylic acids is 1. The first-order chi connectivity index (χ1) is 8.86. The lowest BCUT2D eigenvalue weighted by Crippen LogP contribution is -2.40. The molecule has 0 bridgehead atoms. The van der Waals surface area contributed by atoms with E-state index in [0.717, 1.165) is 6.42 Å². The molecule has 1 aromatic carbocycles. The molecule has 1 amide bonds. The van der Waals surface area contributed by atoms with Gasteiger partial charge in [-0.3, -0.25) is 14.9 Å². The molecule has 0 saturated heterocycles. The highest BCUT2D eigenvalue weighted by atomic mass is 79.9. The molecule has 2 atom stereocenters. The Balaban J connectivity index is 2.83. The van der Waals surface area contributed by atoms with Gasteiger partial charge in [0.2, 0.25) is 5.91 Å². The number of carbonyl (C=O) groups is 1. The van der Waals surface area contributed by atoms with E-state index in [1.807, 2.05) is 13.8 Å². The molecule has 0 fully saturated rings. The van der Waals surface area contributed by atoms with Crippen molar-refractivity contribution >= 4 is 33.2 Å². The van der Waals surface area contributed by atoms with Crippen molar-refractivity contribution in [1.29, 1.82) is 0 Å². The van der Waals surface area contributed by atoms with Crippen LogP contribution in [0.15, 0.2) is 22.7 Å². The predicted octanol–water partition coefficient (Wildman–Crippen LogP) is 2.67. The highest BCUT2D eigenvalue weighted by Crippen LogP contribution is 2.27. The second kappa shape index (κ2) is 6.63. The third-order valence-corrected chi connectivity index (χ3v) is 3.64. The maximum atomic E-state index is 11.9. The number of nitro groups is 1. The first-order valence-electron chi connectivity index (χ1n) is 5.87. The molecule has 1 rings (SSSR count). The number of halogens is 1. The van der Waals surface area contributed by atoms with Crippen LogP contribution in [0.5, 0.6) is 0 Å². The van der Waals surface area contributed by atoms with Gasteiger partial charge in [-0.1, -0.05) is 20.3 Å². The molecular weight excluding hydrogens is 314 g/mol. The number of amides is 1. The summed E-state index contributed by atoms with van der Waals surface area (Å²) in [7, 11) is 0. The van der Waals surface area contributed by atoms with Crippen molar-refractivity contribution in [3.63, 3.8) is 0 Å². The van der Waals surface area contributed by atoms with Gasteiger partial charge in [-0.15, -0.1) is 0 Å². The standard InChI is InChI=1S/C12H16BrN3O3/c1-3-7(2)11(14)12(17)15-10-5-4-8(16(18)19)6-9(10)13/h4-7,11H,3,14H2,1-2H3,(H,15,17)/t7-,11-/m0/s1. The molecule has 3 N–H and O–H groups in total. The molecule has 7 heteroatoms. The zero-order valence-electron chi connectivity index (χ0n) is 10.7. The van der Waals surface area contributed by atoms with Gasteiger partial charge in [-0.2, -0.15) is 0 Å². The normalized spacial score (nSPS) is 13.7. The lowest BCUT2D eigenvalue weighted by molar-refractivity contribution is -0.384. The first-order valence-corrected chi connectivity index (χ1v) is 6.66. The Labute approximate surface area is 119 Å². The summed E-state index contributed by atoms with van der Waals surface area (Å²) in [5.74, 6) is -0.235. The summed E-state index contributed by atoms with van der Waals surface area (Å²) in [6.07, 6.45) is 0.802. The first kappa shape index (κ1) is 15.6. The van der Waals surface area contributed by atoms with E-state index in [-0.39, 0.29) is 17.5 Å². The Morgan fingerprint density at radius 3 is 2.68 bits per heavy atom. The van der Waals surface area contributed by atoms with E-state index >= 15 is 0 Å². The molecule has 1 aromatic rings. The van der Waals surface area contributed by atoms with E-state index in [9.17, 15) is 14.9 Å². The summed E-state index contributed by atoms with van der Waals surface area (Å²) >= 11 is 3.19. The lowest BCUT2D eigenvalue weighted by Gasteiger charge is -2.18. The molecule has 0 aliphatic heterocycles. The fourth-order valence-electron chi connectivity index (χ4n) is 1.45. The van der Waals surface area contributed by atoms with Gasteiger partial charge in [-0.05, 0) is 27.9 Å². The smallest absolute Gasteiger partial charge is 0.270 e. The van der Waals surface area contributed by atoms with E-state index in [0.29, 0.717) is 10.2 Å². The number of nitrogens with zero attached hydrogens (tertiary/aromatic N) is 1. The molecule has 0 spiro atoms. The van der Waals surface area contributed by atoms with Gasteiger partial charge >= 0.3 is 0 Å². The second-order valence-electron chi connectivity index (χ2n) is 4.32. The van der Waals surface area contributed by atoms with Gasteiger partial charge in [0, 0.05) is 16.6 Å². The summed E-state index contributed by atoms with van der Waals surface area (Å²) < 4.78 is 0.450. The number of nitrogens with one attached hydrogen (secondary N) is 1. The van der Waals surface area contributed by atoms with E-state index in [4.69, 9.17) is 5.73 Å². The molecule has 0 heterocycles. The quantitative estimate of drug-likeness (QED) is 0.640. The molecule has 0 aliphatic carbocycles. The summed E-state index contributed by atoms with van der Waals surface area (Å²) in [6, 6.07) is 3.54. The van der Waals surface area contributed by atoms with Crippen LogP contribution in [0.25, 0.3) is 0 Å². The maximum Gasteiger partial charge on any atom is 0.270 e. The number of nitro benzene ring substituents is 1. The Morgan fingerprint density at radius 2 is 2.21 bits per heavy atom. The SMILES string of the molecule is CC[C@H](C)[C@H](N)C(=O)Nc1ccc([N+](=O)[O-])cc1Br.